The highest BCUT2D eigenvalue weighted by Crippen LogP contribution is 2.28. The Kier molecular flexibility index (Phi) is 3.15. The summed E-state index contributed by atoms with van der Waals surface area (Å²) in [5.41, 5.74) is -0.109. The third-order valence-corrected chi connectivity index (χ3v) is 2.15. The van der Waals surface area contributed by atoms with Gasteiger partial charge in [0.2, 0.25) is 0 Å². The first-order chi connectivity index (χ1) is 7.47. The van der Waals surface area contributed by atoms with Crippen molar-refractivity contribution in [1.29, 1.82) is 5.26 Å². The second-order valence-corrected chi connectivity index (χ2v) is 3.10. The van der Waals surface area contributed by atoms with E-state index in [-0.39, 0.29) is 23.4 Å². The second-order valence-electron chi connectivity index (χ2n) is 3.10. The number of hydrogen-bond acceptors (Lipinski definition) is 5. The smallest absolute Gasteiger partial charge is 0.258 e. The van der Waals surface area contributed by atoms with Gasteiger partial charge >= 0.3 is 0 Å². The zero-order valence-corrected chi connectivity index (χ0v) is 8.34. The van der Waals surface area contributed by atoms with Gasteiger partial charge in [0.05, 0.1) is 28.4 Å². The molecule has 0 bridgehead atoms. The highest BCUT2D eigenvalue weighted by molar-refractivity contribution is 5.53. The summed E-state index contributed by atoms with van der Waals surface area (Å²) in [6.45, 7) is 1.47. The lowest BCUT2D eigenvalue weighted by Crippen LogP contribution is -1.99. The van der Waals surface area contributed by atoms with E-state index in [0.717, 1.165) is 6.07 Å². The van der Waals surface area contributed by atoms with Crippen molar-refractivity contribution >= 4 is 11.4 Å². The van der Waals surface area contributed by atoms with E-state index in [9.17, 15) is 20.2 Å². The zero-order chi connectivity index (χ0) is 12.3. The van der Waals surface area contributed by atoms with Crippen LogP contribution in [0.1, 0.15) is 11.1 Å². The highest BCUT2D eigenvalue weighted by atomic mass is 16.6. The van der Waals surface area contributed by atoms with Crippen LogP contribution < -0.4 is 0 Å². The molecule has 0 N–H and O–H groups in total. The van der Waals surface area contributed by atoms with Crippen LogP contribution in [0.2, 0.25) is 0 Å². The molecule has 7 nitrogen and oxygen atoms in total. The molecule has 82 valence electrons. The molecule has 0 aliphatic heterocycles. The van der Waals surface area contributed by atoms with Crippen molar-refractivity contribution in [3.05, 3.63) is 43.5 Å². The quantitative estimate of drug-likeness (QED) is 0.571. The summed E-state index contributed by atoms with van der Waals surface area (Å²) < 4.78 is 0. The van der Waals surface area contributed by atoms with Gasteiger partial charge in [-0.2, -0.15) is 5.26 Å². The maximum atomic E-state index is 10.7. The first kappa shape index (κ1) is 11.6. The molecule has 0 aliphatic rings. The maximum Gasteiger partial charge on any atom is 0.279 e. The minimum Gasteiger partial charge on any atom is -0.258 e. The summed E-state index contributed by atoms with van der Waals surface area (Å²) in [6.07, 6.45) is -0.0889. The standard InChI is InChI=1S/C9H7N3O4/c1-6-7(2-3-10)4-8(11(13)14)5-9(6)12(15)16/h4-5H,2H2,1H3. The fourth-order valence-corrected chi connectivity index (χ4v) is 1.31. The van der Waals surface area contributed by atoms with E-state index in [1.54, 1.807) is 0 Å². The first-order valence-corrected chi connectivity index (χ1v) is 4.26. The molecule has 16 heavy (non-hydrogen) atoms. The molecular formula is C9H7N3O4. The van der Waals surface area contributed by atoms with Crippen LogP contribution in [0.15, 0.2) is 12.1 Å². The Balaban J connectivity index is 3.46. The van der Waals surface area contributed by atoms with Crippen LogP contribution in [-0.4, -0.2) is 9.85 Å². The van der Waals surface area contributed by atoms with Crippen molar-refractivity contribution in [3.63, 3.8) is 0 Å². The van der Waals surface area contributed by atoms with Gasteiger partial charge in [0.1, 0.15) is 0 Å². The van der Waals surface area contributed by atoms with Gasteiger partial charge in [-0.1, -0.05) is 0 Å². The summed E-state index contributed by atoms with van der Waals surface area (Å²) in [5.74, 6) is 0. The Morgan fingerprint density at radius 3 is 2.38 bits per heavy atom. The Hall–Kier alpha value is -2.49. The van der Waals surface area contributed by atoms with Crippen molar-refractivity contribution in [2.75, 3.05) is 0 Å². The minimum atomic E-state index is -0.715. The van der Waals surface area contributed by atoms with Crippen molar-refractivity contribution < 1.29 is 9.85 Å². The lowest BCUT2D eigenvalue weighted by molar-refractivity contribution is -0.394. The largest absolute Gasteiger partial charge is 0.279 e. The molecule has 0 aromatic heterocycles. The van der Waals surface area contributed by atoms with Gasteiger partial charge < -0.3 is 0 Å². The number of rotatable bonds is 3. The minimum absolute atomic E-state index is 0.0889. The molecule has 0 aliphatic carbocycles. The van der Waals surface area contributed by atoms with Crippen LogP contribution in [0.25, 0.3) is 0 Å². The van der Waals surface area contributed by atoms with Crippen molar-refractivity contribution in [1.82, 2.24) is 0 Å². The molecule has 1 aromatic rings. The molecule has 1 rings (SSSR count). The summed E-state index contributed by atoms with van der Waals surface area (Å²) in [6, 6.07) is 3.90. The number of nitro groups is 2. The fourth-order valence-electron chi connectivity index (χ4n) is 1.31. The van der Waals surface area contributed by atoms with Crippen LogP contribution in [0.4, 0.5) is 11.4 Å². The molecule has 0 radical (unpaired) electrons. The topological polar surface area (TPSA) is 110 Å². The Labute approximate surface area is 90.2 Å². The van der Waals surface area contributed by atoms with Crippen LogP contribution in [0, 0.1) is 38.5 Å². The summed E-state index contributed by atoms with van der Waals surface area (Å²) >= 11 is 0. The van der Waals surface area contributed by atoms with Crippen LogP contribution >= 0.6 is 0 Å². The first-order valence-electron chi connectivity index (χ1n) is 4.26. The van der Waals surface area contributed by atoms with Gasteiger partial charge in [-0.05, 0) is 12.5 Å². The average Bonchev–Trinajstić information content (AvgIpc) is 2.20. The predicted molar refractivity (Wildman–Crippen MR) is 53.8 cm³/mol. The molecule has 0 heterocycles. The van der Waals surface area contributed by atoms with Crippen LogP contribution in [0.5, 0.6) is 0 Å². The Morgan fingerprint density at radius 2 is 1.94 bits per heavy atom. The number of non-ortho nitro benzene ring substituents is 1. The molecule has 0 unspecified atom stereocenters. The van der Waals surface area contributed by atoms with Crippen molar-refractivity contribution in [2.45, 2.75) is 13.3 Å². The van der Waals surface area contributed by atoms with Crippen LogP contribution in [0.3, 0.4) is 0 Å². The molecule has 0 saturated carbocycles. The number of benzene rings is 1. The summed E-state index contributed by atoms with van der Waals surface area (Å²) in [4.78, 5) is 19.8. The SMILES string of the molecule is Cc1c(CC#N)cc([N+](=O)[O-])cc1[N+](=O)[O-]. The monoisotopic (exact) mass is 221 g/mol. The van der Waals surface area contributed by atoms with Crippen molar-refractivity contribution in [3.8, 4) is 6.07 Å². The van der Waals surface area contributed by atoms with E-state index in [1.165, 1.54) is 13.0 Å². The summed E-state index contributed by atoms with van der Waals surface area (Å²) in [5, 5.41) is 29.7. The zero-order valence-electron chi connectivity index (χ0n) is 8.34. The Bertz CT molecular complexity index is 504. The predicted octanol–water partition coefficient (Wildman–Crippen LogP) is 1.88. The lowest BCUT2D eigenvalue weighted by atomic mass is 10.0. The van der Waals surface area contributed by atoms with Crippen LogP contribution in [-0.2, 0) is 6.42 Å². The van der Waals surface area contributed by atoms with E-state index >= 15 is 0 Å². The molecule has 7 heteroatoms. The second kappa shape index (κ2) is 4.35. The van der Waals surface area contributed by atoms with E-state index in [4.69, 9.17) is 5.26 Å². The molecule has 0 spiro atoms. The number of nitriles is 1. The van der Waals surface area contributed by atoms with E-state index in [2.05, 4.69) is 0 Å². The maximum absolute atomic E-state index is 10.7. The normalized spacial score (nSPS) is 9.50. The molecule has 0 fully saturated rings. The average molecular weight is 221 g/mol. The van der Waals surface area contributed by atoms with Gasteiger partial charge in [0, 0.05) is 11.6 Å². The molecular weight excluding hydrogens is 214 g/mol. The van der Waals surface area contributed by atoms with Gasteiger partial charge in [-0.15, -0.1) is 0 Å². The molecule has 0 atom stereocenters. The van der Waals surface area contributed by atoms with E-state index in [1.807, 2.05) is 6.07 Å². The Morgan fingerprint density at radius 1 is 1.31 bits per heavy atom. The molecule has 0 amide bonds. The number of hydrogen-bond donors (Lipinski definition) is 0. The van der Waals surface area contributed by atoms with E-state index in [0.29, 0.717) is 5.56 Å². The van der Waals surface area contributed by atoms with Gasteiger partial charge in [-0.25, -0.2) is 0 Å². The molecule has 0 saturated heterocycles. The van der Waals surface area contributed by atoms with Gasteiger partial charge in [0.25, 0.3) is 11.4 Å². The number of nitrogens with zero attached hydrogens (tertiary/aromatic N) is 3. The number of nitro benzene ring substituents is 2. The van der Waals surface area contributed by atoms with E-state index < -0.39 is 9.85 Å². The van der Waals surface area contributed by atoms with Gasteiger partial charge in [0.15, 0.2) is 0 Å². The highest BCUT2D eigenvalue weighted by Gasteiger charge is 2.20. The fraction of sp³-hybridized carbons (Fsp3) is 0.222. The van der Waals surface area contributed by atoms with Gasteiger partial charge in [-0.3, -0.25) is 20.2 Å². The molecule has 1 aromatic carbocycles. The lowest BCUT2D eigenvalue weighted by Gasteiger charge is -2.02. The van der Waals surface area contributed by atoms with Crippen molar-refractivity contribution in [2.24, 2.45) is 0 Å². The summed E-state index contributed by atoms with van der Waals surface area (Å²) in [7, 11) is 0. The third kappa shape index (κ3) is 2.12. The third-order valence-electron chi connectivity index (χ3n) is 2.15.